The van der Waals surface area contributed by atoms with Crippen molar-refractivity contribution in [2.75, 3.05) is 47.4 Å². The highest BCUT2D eigenvalue weighted by atomic mass is 31.2. The second-order valence-electron chi connectivity index (χ2n) is 8.03. The zero-order valence-corrected chi connectivity index (χ0v) is 17.9. The molecular formula is C18H33N6O4P. The molecule has 2 heterocycles. The Labute approximate surface area is 171 Å². The number of nitrogens with two attached hydrogens (primary N) is 1. The van der Waals surface area contributed by atoms with E-state index in [-0.39, 0.29) is 12.1 Å². The van der Waals surface area contributed by atoms with E-state index in [9.17, 15) is 4.57 Å². The van der Waals surface area contributed by atoms with Crippen molar-refractivity contribution in [2.45, 2.75) is 58.0 Å². The first kappa shape index (κ1) is 22.1. The number of fused-ring (bicyclic) bond motifs is 1. The fraction of sp³-hybridized carbons (Fsp3) is 0.778. The molecule has 1 aromatic heterocycles. The van der Waals surface area contributed by atoms with E-state index in [2.05, 4.69) is 20.6 Å². The number of hydrogen-bond acceptors (Lipinski definition) is 8. The molecule has 1 aliphatic heterocycles. The molecule has 1 saturated carbocycles. The van der Waals surface area contributed by atoms with Gasteiger partial charge in [0, 0.05) is 13.1 Å². The lowest BCUT2D eigenvalue weighted by molar-refractivity contribution is 0.0931. The minimum atomic E-state index is -4.18. The molecule has 1 aliphatic carbocycles. The Kier molecular flexibility index (Phi) is 7.56. The molecule has 0 aromatic carbocycles. The molecule has 10 nitrogen and oxygen atoms in total. The maximum Gasteiger partial charge on any atom is 0.350 e. The van der Waals surface area contributed by atoms with Gasteiger partial charge in [-0.3, -0.25) is 4.57 Å². The SMILES string of the molecule is C[C@H](CN1CNc2c(NCCCC3CCCCC3)nc(N)nc21)OCP(=O)(O)O. The van der Waals surface area contributed by atoms with Gasteiger partial charge in [-0.05, 0) is 25.7 Å². The molecule has 6 N–H and O–H groups in total. The molecule has 0 radical (unpaired) electrons. The van der Waals surface area contributed by atoms with E-state index >= 15 is 0 Å². The maximum absolute atomic E-state index is 11.0. The largest absolute Gasteiger partial charge is 0.368 e. The van der Waals surface area contributed by atoms with Gasteiger partial charge in [0.2, 0.25) is 5.95 Å². The molecule has 29 heavy (non-hydrogen) atoms. The van der Waals surface area contributed by atoms with Crippen LogP contribution in [0.1, 0.15) is 51.9 Å². The Morgan fingerprint density at radius 1 is 1.34 bits per heavy atom. The lowest BCUT2D eigenvalue weighted by Gasteiger charge is -2.22. The third-order valence-electron chi connectivity index (χ3n) is 5.46. The van der Waals surface area contributed by atoms with Crippen molar-refractivity contribution in [3.63, 3.8) is 0 Å². The van der Waals surface area contributed by atoms with Crippen molar-refractivity contribution < 1.29 is 19.1 Å². The molecule has 0 spiro atoms. The van der Waals surface area contributed by atoms with Gasteiger partial charge >= 0.3 is 7.60 Å². The number of aromatic nitrogens is 2. The standard InChI is InChI=1S/C18H33N6O4P/c1-13(28-12-29(25,26)27)10-24-11-21-15-16(22-18(19)23-17(15)24)20-9-5-8-14-6-3-2-4-7-14/h13-14,21H,2-12H2,1H3,(H2,25,26,27)(H3,19,20,22,23)/t13-/m1/s1. The Hall–Kier alpha value is -1.61. The first-order valence-electron chi connectivity index (χ1n) is 10.4. The highest BCUT2D eigenvalue weighted by molar-refractivity contribution is 7.51. The van der Waals surface area contributed by atoms with Crippen LogP contribution < -0.4 is 21.3 Å². The zero-order chi connectivity index (χ0) is 20.9. The second kappa shape index (κ2) is 9.93. The summed E-state index contributed by atoms with van der Waals surface area (Å²) < 4.78 is 16.2. The summed E-state index contributed by atoms with van der Waals surface area (Å²) in [5, 5.41) is 6.68. The van der Waals surface area contributed by atoms with Crippen molar-refractivity contribution >= 4 is 30.9 Å². The third kappa shape index (κ3) is 6.70. The number of hydrogen-bond donors (Lipinski definition) is 5. The summed E-state index contributed by atoms with van der Waals surface area (Å²) in [6, 6.07) is 0. The van der Waals surface area contributed by atoms with Crippen molar-refractivity contribution in [2.24, 2.45) is 5.92 Å². The molecule has 0 saturated heterocycles. The molecule has 3 rings (SSSR count). The van der Waals surface area contributed by atoms with Crippen LogP contribution in [-0.2, 0) is 9.30 Å². The van der Waals surface area contributed by atoms with E-state index in [1.807, 2.05) is 4.90 Å². The summed E-state index contributed by atoms with van der Waals surface area (Å²) in [6.07, 6.45) is 8.19. The topological polar surface area (TPSA) is 146 Å². The van der Waals surface area contributed by atoms with Crippen LogP contribution in [0.25, 0.3) is 0 Å². The summed E-state index contributed by atoms with van der Waals surface area (Å²) >= 11 is 0. The van der Waals surface area contributed by atoms with E-state index in [4.69, 9.17) is 20.3 Å². The van der Waals surface area contributed by atoms with Crippen molar-refractivity contribution in [3.8, 4) is 0 Å². The number of nitrogen functional groups attached to an aromatic ring is 1. The molecule has 1 atom stereocenters. The van der Waals surface area contributed by atoms with E-state index in [1.165, 1.54) is 38.5 Å². The summed E-state index contributed by atoms with van der Waals surface area (Å²) in [5.74, 6) is 2.42. The van der Waals surface area contributed by atoms with Crippen molar-refractivity contribution in [3.05, 3.63) is 0 Å². The fourth-order valence-corrected chi connectivity index (χ4v) is 4.50. The van der Waals surface area contributed by atoms with Crippen LogP contribution in [0.15, 0.2) is 0 Å². The number of ether oxygens (including phenoxy) is 1. The average molecular weight is 428 g/mol. The lowest BCUT2D eigenvalue weighted by Crippen LogP contribution is -2.32. The van der Waals surface area contributed by atoms with Crippen LogP contribution in [0.4, 0.5) is 23.3 Å². The van der Waals surface area contributed by atoms with Gasteiger partial charge in [-0.15, -0.1) is 0 Å². The van der Waals surface area contributed by atoms with E-state index in [1.54, 1.807) is 6.92 Å². The predicted octanol–water partition coefficient (Wildman–Crippen LogP) is 2.56. The molecule has 0 bridgehead atoms. The summed E-state index contributed by atoms with van der Waals surface area (Å²) in [7, 11) is -4.18. The van der Waals surface area contributed by atoms with Gasteiger partial charge in [0.05, 0.1) is 12.8 Å². The second-order valence-corrected chi connectivity index (χ2v) is 9.62. The van der Waals surface area contributed by atoms with Gasteiger partial charge in [0.15, 0.2) is 11.6 Å². The Balaban J connectivity index is 1.53. The van der Waals surface area contributed by atoms with Gasteiger partial charge in [0.25, 0.3) is 0 Å². The van der Waals surface area contributed by atoms with E-state index in [0.29, 0.717) is 24.8 Å². The van der Waals surface area contributed by atoms with Gasteiger partial charge in [0.1, 0.15) is 12.0 Å². The van der Waals surface area contributed by atoms with Crippen LogP contribution in [0.5, 0.6) is 0 Å². The van der Waals surface area contributed by atoms with Gasteiger partial charge in [-0.1, -0.05) is 32.1 Å². The molecule has 164 valence electrons. The van der Waals surface area contributed by atoms with Gasteiger partial charge in [-0.25, -0.2) is 0 Å². The average Bonchev–Trinajstić information content (AvgIpc) is 3.06. The van der Waals surface area contributed by atoms with Crippen LogP contribution in [0, 0.1) is 5.92 Å². The van der Waals surface area contributed by atoms with Crippen LogP contribution in [0.3, 0.4) is 0 Å². The Bertz CT molecular complexity index is 725. The zero-order valence-electron chi connectivity index (χ0n) is 17.0. The molecule has 0 amide bonds. The quantitative estimate of drug-likeness (QED) is 0.278. The lowest BCUT2D eigenvalue weighted by atomic mass is 9.86. The normalized spacial score (nSPS) is 18.4. The first-order chi connectivity index (χ1) is 13.8. The fourth-order valence-electron chi connectivity index (χ4n) is 4.05. The van der Waals surface area contributed by atoms with E-state index < -0.39 is 13.9 Å². The number of nitrogens with zero attached hydrogens (tertiary/aromatic N) is 3. The molecular weight excluding hydrogens is 395 g/mol. The maximum atomic E-state index is 11.0. The van der Waals surface area contributed by atoms with Crippen LogP contribution in [-0.4, -0.2) is 52.0 Å². The summed E-state index contributed by atoms with van der Waals surface area (Å²) in [4.78, 5) is 28.5. The summed E-state index contributed by atoms with van der Waals surface area (Å²) in [6.45, 7) is 3.54. The smallest absolute Gasteiger partial charge is 0.350 e. The highest BCUT2D eigenvalue weighted by Crippen LogP contribution is 2.37. The molecule has 1 fully saturated rings. The van der Waals surface area contributed by atoms with Gasteiger partial charge < -0.3 is 35.8 Å². The number of anilines is 4. The Morgan fingerprint density at radius 3 is 2.83 bits per heavy atom. The van der Waals surface area contributed by atoms with Gasteiger partial charge in [-0.2, -0.15) is 9.97 Å². The van der Waals surface area contributed by atoms with E-state index in [0.717, 1.165) is 24.6 Å². The third-order valence-corrected chi connectivity index (χ3v) is 5.95. The molecule has 2 aliphatic rings. The minimum absolute atomic E-state index is 0.191. The summed E-state index contributed by atoms with van der Waals surface area (Å²) in [5.41, 5.74) is 6.72. The number of rotatable bonds is 10. The molecule has 11 heteroatoms. The first-order valence-corrected chi connectivity index (χ1v) is 12.2. The van der Waals surface area contributed by atoms with Crippen molar-refractivity contribution in [1.29, 1.82) is 0 Å². The van der Waals surface area contributed by atoms with Crippen LogP contribution in [0.2, 0.25) is 0 Å². The van der Waals surface area contributed by atoms with Crippen LogP contribution >= 0.6 is 7.60 Å². The molecule has 1 aromatic rings. The monoisotopic (exact) mass is 428 g/mol. The number of nitrogens with one attached hydrogen (secondary N) is 2. The highest BCUT2D eigenvalue weighted by Gasteiger charge is 2.27. The molecule has 0 unspecified atom stereocenters. The Morgan fingerprint density at radius 2 is 2.10 bits per heavy atom. The minimum Gasteiger partial charge on any atom is -0.368 e. The predicted molar refractivity (Wildman–Crippen MR) is 114 cm³/mol. The van der Waals surface area contributed by atoms with Crippen molar-refractivity contribution in [1.82, 2.24) is 9.97 Å².